The van der Waals surface area contributed by atoms with Crippen molar-refractivity contribution in [2.45, 2.75) is 4.90 Å². The lowest BCUT2D eigenvalue weighted by molar-refractivity contribution is 0.155. The molecule has 0 atom stereocenters. The molecular weight excluding hydrogens is 184 g/mol. The van der Waals surface area contributed by atoms with Crippen LogP contribution in [0.5, 0.6) is 0 Å². The average molecular weight is 194 g/mol. The Morgan fingerprint density at radius 1 is 1.38 bits per heavy atom. The second-order valence-electron chi connectivity index (χ2n) is 2.36. The Balaban J connectivity index is 2.46. The van der Waals surface area contributed by atoms with Crippen molar-refractivity contribution in [2.75, 3.05) is 12.4 Å². The lowest BCUT2D eigenvalue weighted by Gasteiger charge is -1.99. The smallest absolute Gasteiger partial charge is 0.0991 e. The Labute approximate surface area is 81.4 Å². The van der Waals surface area contributed by atoms with E-state index in [1.54, 1.807) is 23.9 Å². The van der Waals surface area contributed by atoms with Gasteiger partial charge in [-0.3, -0.25) is 0 Å². The van der Waals surface area contributed by atoms with E-state index in [9.17, 15) is 0 Å². The van der Waals surface area contributed by atoms with Crippen molar-refractivity contribution in [1.29, 1.82) is 5.26 Å². The summed E-state index contributed by atoms with van der Waals surface area (Å²) in [6.45, 7) is 0.532. The molecule has 1 rings (SSSR count). The van der Waals surface area contributed by atoms with Gasteiger partial charge in [0.15, 0.2) is 0 Å². The monoisotopic (exact) mass is 194 g/mol. The zero-order chi connectivity index (χ0) is 9.52. The van der Waals surface area contributed by atoms with Crippen LogP contribution in [0.25, 0.3) is 0 Å². The molecule has 0 unspecified atom stereocenters. The maximum absolute atomic E-state index is 8.55. The van der Waals surface area contributed by atoms with Gasteiger partial charge in [-0.25, -0.2) is 5.90 Å². The van der Waals surface area contributed by atoms with Crippen molar-refractivity contribution < 1.29 is 4.84 Å². The van der Waals surface area contributed by atoms with Crippen LogP contribution in [-0.4, -0.2) is 12.4 Å². The zero-order valence-electron chi connectivity index (χ0n) is 7.06. The molecule has 2 N–H and O–H groups in total. The Hall–Kier alpha value is -1.02. The van der Waals surface area contributed by atoms with E-state index in [0.717, 1.165) is 10.6 Å². The van der Waals surface area contributed by atoms with Gasteiger partial charge in [-0.15, -0.1) is 11.8 Å². The van der Waals surface area contributed by atoms with Gasteiger partial charge in [0, 0.05) is 10.6 Å². The molecular formula is C9H10N2OS. The van der Waals surface area contributed by atoms with Crippen molar-refractivity contribution >= 4 is 11.8 Å². The average Bonchev–Trinajstić information content (AvgIpc) is 2.19. The summed E-state index contributed by atoms with van der Waals surface area (Å²) in [6.07, 6.45) is 0. The molecule has 0 radical (unpaired) electrons. The highest BCUT2D eigenvalue weighted by atomic mass is 32.2. The molecule has 68 valence electrons. The third-order valence-electron chi connectivity index (χ3n) is 1.45. The SMILES string of the molecule is N#Cc1ccc(SCCON)cc1. The van der Waals surface area contributed by atoms with Crippen molar-refractivity contribution in [3.63, 3.8) is 0 Å². The summed E-state index contributed by atoms with van der Waals surface area (Å²) < 4.78 is 0. The maximum atomic E-state index is 8.55. The Bertz CT molecular complexity index is 291. The first kappa shape index (κ1) is 10.1. The van der Waals surface area contributed by atoms with Crippen LogP contribution in [0.1, 0.15) is 5.56 Å². The normalized spacial score (nSPS) is 9.54. The van der Waals surface area contributed by atoms with Crippen LogP contribution in [0.15, 0.2) is 29.2 Å². The predicted molar refractivity (Wildman–Crippen MR) is 52.0 cm³/mol. The highest BCUT2D eigenvalue weighted by Crippen LogP contribution is 2.17. The third-order valence-corrected chi connectivity index (χ3v) is 2.43. The number of hydrogen-bond donors (Lipinski definition) is 1. The fraction of sp³-hybridized carbons (Fsp3) is 0.222. The molecule has 13 heavy (non-hydrogen) atoms. The van der Waals surface area contributed by atoms with E-state index in [0.29, 0.717) is 12.2 Å². The number of thioether (sulfide) groups is 1. The van der Waals surface area contributed by atoms with Crippen molar-refractivity contribution in [1.82, 2.24) is 0 Å². The van der Waals surface area contributed by atoms with Gasteiger partial charge in [0.1, 0.15) is 0 Å². The van der Waals surface area contributed by atoms with E-state index in [2.05, 4.69) is 10.9 Å². The molecule has 0 aliphatic carbocycles. The highest BCUT2D eigenvalue weighted by molar-refractivity contribution is 7.99. The Morgan fingerprint density at radius 2 is 2.08 bits per heavy atom. The lowest BCUT2D eigenvalue weighted by atomic mass is 10.2. The Kier molecular flexibility index (Phi) is 4.33. The Morgan fingerprint density at radius 3 is 2.62 bits per heavy atom. The molecule has 0 saturated heterocycles. The third kappa shape index (κ3) is 3.47. The van der Waals surface area contributed by atoms with Gasteiger partial charge in [0.25, 0.3) is 0 Å². The van der Waals surface area contributed by atoms with E-state index in [1.165, 1.54) is 0 Å². The molecule has 0 spiro atoms. The van der Waals surface area contributed by atoms with Gasteiger partial charge in [-0.05, 0) is 24.3 Å². The van der Waals surface area contributed by atoms with Gasteiger partial charge in [0.2, 0.25) is 0 Å². The van der Waals surface area contributed by atoms with Gasteiger partial charge >= 0.3 is 0 Å². The summed E-state index contributed by atoms with van der Waals surface area (Å²) in [7, 11) is 0. The minimum atomic E-state index is 0.532. The largest absolute Gasteiger partial charge is 0.304 e. The molecule has 0 fully saturated rings. The van der Waals surface area contributed by atoms with E-state index in [4.69, 9.17) is 11.2 Å². The maximum Gasteiger partial charge on any atom is 0.0991 e. The van der Waals surface area contributed by atoms with Crippen LogP contribution in [0.3, 0.4) is 0 Å². The van der Waals surface area contributed by atoms with E-state index < -0.39 is 0 Å². The summed E-state index contributed by atoms with van der Waals surface area (Å²) in [5.41, 5.74) is 0.680. The first-order valence-electron chi connectivity index (χ1n) is 3.81. The molecule has 0 saturated carbocycles. The van der Waals surface area contributed by atoms with Crippen molar-refractivity contribution in [2.24, 2.45) is 5.90 Å². The second-order valence-corrected chi connectivity index (χ2v) is 3.52. The van der Waals surface area contributed by atoms with Crippen LogP contribution in [0, 0.1) is 11.3 Å². The van der Waals surface area contributed by atoms with Crippen LogP contribution < -0.4 is 5.90 Å². The molecule has 0 heterocycles. The number of benzene rings is 1. The van der Waals surface area contributed by atoms with Crippen LogP contribution in [-0.2, 0) is 4.84 Å². The van der Waals surface area contributed by atoms with E-state index in [-0.39, 0.29) is 0 Å². The van der Waals surface area contributed by atoms with Crippen molar-refractivity contribution in [3.05, 3.63) is 29.8 Å². The van der Waals surface area contributed by atoms with Gasteiger partial charge in [0.05, 0.1) is 18.2 Å². The summed E-state index contributed by atoms with van der Waals surface area (Å²) >= 11 is 1.65. The topological polar surface area (TPSA) is 59.0 Å². The first-order valence-corrected chi connectivity index (χ1v) is 4.80. The number of nitrogens with two attached hydrogens (primary N) is 1. The molecule has 1 aromatic carbocycles. The molecule has 0 aliphatic rings. The minimum Gasteiger partial charge on any atom is -0.304 e. The second kappa shape index (κ2) is 5.60. The highest BCUT2D eigenvalue weighted by Gasteiger charge is 1.94. The predicted octanol–water partition coefficient (Wildman–Crippen LogP) is 1.54. The van der Waals surface area contributed by atoms with Crippen LogP contribution in [0.2, 0.25) is 0 Å². The van der Waals surface area contributed by atoms with Crippen LogP contribution >= 0.6 is 11.8 Å². The number of nitrogens with zero attached hydrogens (tertiary/aromatic N) is 1. The number of rotatable bonds is 4. The molecule has 0 bridgehead atoms. The number of hydrogen-bond acceptors (Lipinski definition) is 4. The van der Waals surface area contributed by atoms with Gasteiger partial charge in [-0.2, -0.15) is 5.26 Å². The van der Waals surface area contributed by atoms with Gasteiger partial charge < -0.3 is 4.84 Å². The molecule has 0 aliphatic heterocycles. The van der Waals surface area contributed by atoms with Crippen molar-refractivity contribution in [3.8, 4) is 6.07 Å². The summed E-state index contributed by atoms with van der Waals surface area (Å²) in [5, 5.41) is 8.55. The lowest BCUT2D eigenvalue weighted by Crippen LogP contribution is -2.02. The summed E-state index contributed by atoms with van der Waals surface area (Å²) in [6, 6.07) is 9.49. The van der Waals surface area contributed by atoms with E-state index in [1.807, 2.05) is 12.1 Å². The fourth-order valence-corrected chi connectivity index (χ4v) is 1.58. The molecule has 3 nitrogen and oxygen atoms in total. The molecule has 0 aromatic heterocycles. The fourth-order valence-electron chi connectivity index (χ4n) is 0.833. The summed E-state index contributed by atoms with van der Waals surface area (Å²) in [4.78, 5) is 5.56. The van der Waals surface area contributed by atoms with E-state index >= 15 is 0 Å². The van der Waals surface area contributed by atoms with Gasteiger partial charge in [-0.1, -0.05) is 0 Å². The molecule has 4 heteroatoms. The summed E-state index contributed by atoms with van der Waals surface area (Å²) in [5.74, 6) is 5.70. The standard InChI is InChI=1S/C9H10N2OS/c10-7-8-1-3-9(4-2-8)13-6-5-12-11/h1-4H,5-6,11H2. The minimum absolute atomic E-state index is 0.532. The van der Waals surface area contributed by atoms with Crippen LogP contribution in [0.4, 0.5) is 0 Å². The molecule has 1 aromatic rings. The first-order chi connectivity index (χ1) is 6.36. The number of nitriles is 1. The quantitative estimate of drug-likeness (QED) is 0.448. The molecule has 0 amide bonds. The zero-order valence-corrected chi connectivity index (χ0v) is 7.88.